The molecule has 4 nitrogen and oxygen atoms in total. The van der Waals surface area contributed by atoms with Gasteiger partial charge in [-0.25, -0.2) is 0 Å². The summed E-state index contributed by atoms with van der Waals surface area (Å²) >= 11 is 3.48. The van der Waals surface area contributed by atoms with Crippen molar-refractivity contribution in [1.29, 1.82) is 0 Å². The van der Waals surface area contributed by atoms with Crippen LogP contribution in [0.25, 0.3) is 11.1 Å². The maximum absolute atomic E-state index is 11.4. The fourth-order valence-corrected chi connectivity index (χ4v) is 5.02. The first-order valence-electron chi connectivity index (χ1n) is 13.0. The molecule has 0 unspecified atom stereocenters. The van der Waals surface area contributed by atoms with Gasteiger partial charge in [-0.1, -0.05) is 65.3 Å². The van der Waals surface area contributed by atoms with Gasteiger partial charge in [0.05, 0.1) is 18.8 Å². The molecule has 0 atom stereocenters. The van der Waals surface area contributed by atoms with Crippen molar-refractivity contribution in [3.63, 3.8) is 0 Å². The fraction of sp³-hybridized carbons (Fsp3) is 0.387. The summed E-state index contributed by atoms with van der Waals surface area (Å²) in [5, 5.41) is 2.92. The van der Waals surface area contributed by atoms with Gasteiger partial charge in [0.25, 0.3) is 0 Å². The lowest BCUT2D eigenvalue weighted by Crippen LogP contribution is -2.28. The summed E-state index contributed by atoms with van der Waals surface area (Å²) in [4.78, 5) is 11.4. The third-order valence-electron chi connectivity index (χ3n) is 6.82. The molecule has 0 heterocycles. The lowest BCUT2D eigenvalue weighted by molar-refractivity contribution is -0.118. The van der Waals surface area contributed by atoms with Crippen molar-refractivity contribution in [1.82, 2.24) is 5.32 Å². The second-order valence-electron chi connectivity index (χ2n) is 9.56. The SMILES string of the molecule is CCc1cccc(-c2cc(OC3CCC(OCc4ccc(Br)cc4)CC3)ccc2CCNC(C)=O)c1. The van der Waals surface area contributed by atoms with Gasteiger partial charge in [0.1, 0.15) is 5.75 Å². The van der Waals surface area contributed by atoms with Crippen LogP contribution in [0.5, 0.6) is 5.75 Å². The zero-order valence-corrected chi connectivity index (χ0v) is 22.9. The molecule has 1 fully saturated rings. The largest absolute Gasteiger partial charge is 0.490 e. The predicted octanol–water partition coefficient (Wildman–Crippen LogP) is 7.26. The van der Waals surface area contributed by atoms with E-state index in [-0.39, 0.29) is 18.1 Å². The molecule has 4 rings (SSSR count). The molecule has 0 bridgehead atoms. The molecule has 1 aliphatic rings. The van der Waals surface area contributed by atoms with Crippen LogP contribution >= 0.6 is 15.9 Å². The smallest absolute Gasteiger partial charge is 0.216 e. The second kappa shape index (κ2) is 13.1. The topological polar surface area (TPSA) is 47.6 Å². The molecule has 0 saturated heterocycles. The van der Waals surface area contributed by atoms with Crippen molar-refractivity contribution in [2.24, 2.45) is 0 Å². The van der Waals surface area contributed by atoms with E-state index in [1.54, 1.807) is 6.92 Å². The van der Waals surface area contributed by atoms with Crippen LogP contribution in [0.3, 0.4) is 0 Å². The van der Waals surface area contributed by atoms with Crippen LogP contribution in [0, 0.1) is 0 Å². The van der Waals surface area contributed by atoms with E-state index in [1.807, 2.05) is 0 Å². The molecule has 0 aromatic heterocycles. The highest BCUT2D eigenvalue weighted by molar-refractivity contribution is 9.10. The van der Waals surface area contributed by atoms with Gasteiger partial charge < -0.3 is 14.8 Å². The molecule has 5 heteroatoms. The minimum Gasteiger partial charge on any atom is -0.490 e. The zero-order valence-electron chi connectivity index (χ0n) is 21.3. The number of benzene rings is 3. The minimum atomic E-state index is 0.000840. The van der Waals surface area contributed by atoms with E-state index < -0.39 is 0 Å². The molecular weight excluding hydrogens is 514 g/mol. The van der Waals surface area contributed by atoms with Gasteiger partial charge in [-0.2, -0.15) is 0 Å². The van der Waals surface area contributed by atoms with Crippen molar-refractivity contribution in [2.75, 3.05) is 6.54 Å². The van der Waals surface area contributed by atoms with Gasteiger partial charge in [0, 0.05) is 17.9 Å². The van der Waals surface area contributed by atoms with Gasteiger partial charge in [-0.3, -0.25) is 4.79 Å². The minimum absolute atomic E-state index is 0.000840. The van der Waals surface area contributed by atoms with Gasteiger partial charge in [0.2, 0.25) is 5.91 Å². The number of carbonyl (C=O) groups excluding carboxylic acids is 1. The summed E-state index contributed by atoms with van der Waals surface area (Å²) in [5.41, 5.74) is 6.11. The van der Waals surface area contributed by atoms with Crippen molar-refractivity contribution in [2.45, 2.75) is 71.2 Å². The molecule has 1 aliphatic carbocycles. The van der Waals surface area contributed by atoms with Crippen molar-refractivity contribution < 1.29 is 14.3 Å². The van der Waals surface area contributed by atoms with Crippen LogP contribution in [0.1, 0.15) is 56.2 Å². The Labute approximate surface area is 223 Å². The molecule has 1 N–H and O–H groups in total. The number of hydrogen-bond acceptors (Lipinski definition) is 3. The van der Waals surface area contributed by atoms with Gasteiger partial charge in [-0.15, -0.1) is 0 Å². The van der Waals surface area contributed by atoms with E-state index in [0.29, 0.717) is 13.2 Å². The van der Waals surface area contributed by atoms with Gasteiger partial charge >= 0.3 is 0 Å². The lowest BCUT2D eigenvalue weighted by atomic mass is 9.94. The Morgan fingerprint density at radius 3 is 2.42 bits per heavy atom. The zero-order chi connectivity index (χ0) is 25.3. The maximum atomic E-state index is 11.4. The van der Waals surface area contributed by atoms with E-state index in [4.69, 9.17) is 9.47 Å². The lowest BCUT2D eigenvalue weighted by Gasteiger charge is -2.29. The molecule has 0 spiro atoms. The number of halogens is 1. The Kier molecular flexibility index (Phi) is 9.60. The molecule has 0 radical (unpaired) electrons. The Morgan fingerprint density at radius 1 is 0.944 bits per heavy atom. The number of nitrogens with one attached hydrogen (secondary N) is 1. The molecule has 1 saturated carbocycles. The average Bonchev–Trinajstić information content (AvgIpc) is 2.90. The molecule has 3 aromatic rings. The third kappa shape index (κ3) is 7.68. The standard InChI is InChI=1S/C31H36BrNO3/c1-3-23-5-4-6-26(19-23)31-20-30(12-9-25(31)17-18-33-22(2)34)36-29-15-13-28(14-16-29)35-21-24-7-10-27(32)11-8-24/h4-12,19-20,28-29H,3,13-18,21H2,1-2H3,(H,33,34). The highest BCUT2D eigenvalue weighted by Crippen LogP contribution is 2.32. The summed E-state index contributed by atoms with van der Waals surface area (Å²) in [7, 11) is 0. The van der Waals surface area contributed by atoms with E-state index in [0.717, 1.165) is 48.7 Å². The van der Waals surface area contributed by atoms with E-state index in [1.165, 1.54) is 27.8 Å². The molecule has 36 heavy (non-hydrogen) atoms. The van der Waals surface area contributed by atoms with Crippen LogP contribution in [-0.2, 0) is 29.0 Å². The van der Waals surface area contributed by atoms with Crippen LogP contribution in [0.4, 0.5) is 0 Å². The van der Waals surface area contributed by atoms with Crippen molar-refractivity contribution in [3.05, 3.63) is 87.9 Å². The highest BCUT2D eigenvalue weighted by Gasteiger charge is 2.23. The van der Waals surface area contributed by atoms with E-state index >= 15 is 0 Å². The second-order valence-corrected chi connectivity index (χ2v) is 10.5. The molecular formula is C31H36BrNO3. The number of aryl methyl sites for hydroxylation is 1. The monoisotopic (exact) mass is 549 g/mol. The summed E-state index contributed by atoms with van der Waals surface area (Å²) in [6.07, 6.45) is 6.30. The number of ether oxygens (including phenoxy) is 2. The molecule has 1 amide bonds. The first-order chi connectivity index (χ1) is 17.5. The fourth-order valence-electron chi connectivity index (χ4n) is 4.75. The maximum Gasteiger partial charge on any atom is 0.216 e. The van der Waals surface area contributed by atoms with Crippen molar-refractivity contribution >= 4 is 21.8 Å². The Balaban J connectivity index is 1.38. The third-order valence-corrected chi connectivity index (χ3v) is 7.35. The number of carbonyl (C=O) groups is 1. The molecule has 3 aromatic carbocycles. The number of hydrogen-bond donors (Lipinski definition) is 1. The Hall–Kier alpha value is -2.63. The van der Waals surface area contributed by atoms with E-state index in [2.05, 4.69) is 94.9 Å². The number of amides is 1. The van der Waals surface area contributed by atoms with Gasteiger partial charge in [0.15, 0.2) is 0 Å². The predicted molar refractivity (Wildman–Crippen MR) is 149 cm³/mol. The van der Waals surface area contributed by atoms with Crippen LogP contribution in [0.2, 0.25) is 0 Å². The first-order valence-corrected chi connectivity index (χ1v) is 13.8. The molecule has 0 aliphatic heterocycles. The van der Waals surface area contributed by atoms with Crippen LogP contribution in [-0.4, -0.2) is 24.7 Å². The van der Waals surface area contributed by atoms with Crippen LogP contribution < -0.4 is 10.1 Å². The summed E-state index contributed by atoms with van der Waals surface area (Å²) in [5.74, 6) is 0.912. The Morgan fingerprint density at radius 2 is 1.69 bits per heavy atom. The molecule has 190 valence electrons. The normalized spacial score (nSPS) is 17.5. The van der Waals surface area contributed by atoms with Gasteiger partial charge in [-0.05, 0) is 90.6 Å². The highest BCUT2D eigenvalue weighted by atomic mass is 79.9. The summed E-state index contributed by atoms with van der Waals surface area (Å²) < 4.78 is 13.7. The number of rotatable bonds is 10. The van der Waals surface area contributed by atoms with Crippen molar-refractivity contribution in [3.8, 4) is 16.9 Å². The van der Waals surface area contributed by atoms with Crippen LogP contribution in [0.15, 0.2) is 71.2 Å². The quantitative estimate of drug-likeness (QED) is 0.289. The first kappa shape index (κ1) is 26.4. The van der Waals surface area contributed by atoms with E-state index in [9.17, 15) is 4.79 Å². The summed E-state index contributed by atoms with van der Waals surface area (Å²) in [6, 6.07) is 23.4. The Bertz CT molecular complexity index is 1140. The average molecular weight is 551 g/mol. The summed E-state index contributed by atoms with van der Waals surface area (Å²) in [6.45, 7) is 5.02.